The fraction of sp³-hybridized carbons (Fsp3) is 0.922. The lowest BCUT2D eigenvalue weighted by Crippen LogP contribution is -2.40. The van der Waals surface area contributed by atoms with Gasteiger partial charge >= 0.3 is 17.9 Å². The lowest BCUT2D eigenvalue weighted by Gasteiger charge is -2.25. The summed E-state index contributed by atoms with van der Waals surface area (Å²) in [5.41, 5.74) is 0. The van der Waals surface area contributed by atoms with E-state index in [2.05, 4.69) is 26.0 Å². The quantitative estimate of drug-likeness (QED) is 0.0211. The highest BCUT2D eigenvalue weighted by Gasteiger charge is 2.25. The normalized spacial score (nSPS) is 12.7. The number of aliphatic carboxylic acids is 1. The smallest absolute Gasteiger partial charge is 0.361 e. The third kappa shape index (κ3) is 57.6. The second-order valence-electron chi connectivity index (χ2n) is 23.1. The first kappa shape index (κ1) is 71.0. The second kappa shape index (κ2) is 56.2. The predicted octanol–water partition coefficient (Wildman–Crippen LogP) is 18.9. The number of hydrogen-bond acceptors (Lipinski definition) is 7. The van der Waals surface area contributed by atoms with Crippen LogP contribution in [-0.4, -0.2) is 87.4 Å². The van der Waals surface area contributed by atoms with Crippen LogP contribution in [0.2, 0.25) is 0 Å². The number of carbonyl (C=O) groups excluding carboxylic acids is 2. The van der Waals surface area contributed by atoms with E-state index in [0.29, 0.717) is 23.9 Å². The van der Waals surface area contributed by atoms with Crippen molar-refractivity contribution in [1.29, 1.82) is 0 Å². The van der Waals surface area contributed by atoms with Crippen LogP contribution in [0, 0.1) is 0 Å². The summed E-state index contributed by atoms with van der Waals surface area (Å²) in [6, 6.07) is 0. The Morgan fingerprint density at radius 1 is 0.397 bits per heavy atom. The van der Waals surface area contributed by atoms with Crippen LogP contribution in [0.5, 0.6) is 0 Å². The lowest BCUT2D eigenvalue weighted by atomic mass is 10.0. The summed E-state index contributed by atoms with van der Waals surface area (Å²) in [4.78, 5) is 37.4. The van der Waals surface area contributed by atoms with Gasteiger partial charge in [-0.25, -0.2) is 4.79 Å². The molecular weight excluding hydrogens is 911 g/mol. The van der Waals surface area contributed by atoms with Gasteiger partial charge in [0.2, 0.25) is 0 Å². The molecule has 2 atom stereocenters. The van der Waals surface area contributed by atoms with Crippen molar-refractivity contribution in [2.24, 2.45) is 0 Å². The Kier molecular flexibility index (Phi) is 54.7. The van der Waals surface area contributed by atoms with Crippen LogP contribution in [0.1, 0.15) is 322 Å². The minimum Gasteiger partial charge on any atom is -0.477 e. The predicted molar refractivity (Wildman–Crippen MR) is 309 cm³/mol. The molecule has 0 saturated heterocycles. The fourth-order valence-corrected chi connectivity index (χ4v) is 9.60. The van der Waals surface area contributed by atoms with E-state index in [-0.39, 0.29) is 32.2 Å². The number of nitrogens with zero attached hydrogens (tertiary/aromatic N) is 1. The van der Waals surface area contributed by atoms with E-state index in [1.807, 2.05) is 21.1 Å². The van der Waals surface area contributed by atoms with E-state index in [1.165, 1.54) is 238 Å². The maximum absolute atomic E-state index is 12.9. The van der Waals surface area contributed by atoms with E-state index in [1.54, 1.807) is 0 Å². The lowest BCUT2D eigenvalue weighted by molar-refractivity contribution is -0.870. The van der Waals surface area contributed by atoms with E-state index >= 15 is 0 Å². The summed E-state index contributed by atoms with van der Waals surface area (Å²) in [6.07, 6.45) is 63.2. The van der Waals surface area contributed by atoms with Gasteiger partial charge in [0.1, 0.15) is 13.2 Å². The van der Waals surface area contributed by atoms with Gasteiger partial charge in [-0.3, -0.25) is 9.59 Å². The Hall–Kier alpha value is -1.97. The molecule has 0 bridgehead atoms. The zero-order chi connectivity index (χ0) is 53.4. The molecule has 0 aliphatic heterocycles. The SMILES string of the molecule is CCCCCCCCC/C=C\CCCCCCCC(=O)OC(COC(=O)CCCCCCCCCCCCCCCCCCCCCCCCCCCCCCCCCC)COC(OCC[N+](C)(C)C)C(=O)O. The number of quaternary nitrogens is 1. The van der Waals surface area contributed by atoms with Crippen LogP contribution in [0.3, 0.4) is 0 Å². The average Bonchev–Trinajstić information content (AvgIpc) is 3.36. The molecule has 0 spiro atoms. The van der Waals surface area contributed by atoms with Crippen molar-refractivity contribution in [3.63, 3.8) is 0 Å². The number of carboxylic acids is 1. The first-order valence-electron chi connectivity index (χ1n) is 31.9. The largest absolute Gasteiger partial charge is 0.477 e. The van der Waals surface area contributed by atoms with Gasteiger partial charge in [0.15, 0.2) is 6.10 Å². The van der Waals surface area contributed by atoms with E-state index < -0.39 is 24.3 Å². The summed E-state index contributed by atoms with van der Waals surface area (Å²) in [6.45, 7) is 4.92. The Labute approximate surface area is 453 Å². The van der Waals surface area contributed by atoms with Gasteiger partial charge in [-0.05, 0) is 38.5 Å². The molecule has 0 rings (SSSR count). The third-order valence-corrected chi connectivity index (χ3v) is 14.5. The summed E-state index contributed by atoms with van der Waals surface area (Å²) in [5, 5.41) is 9.70. The molecule has 9 nitrogen and oxygen atoms in total. The number of carboxylic acid groups (broad SMARTS) is 1. The maximum atomic E-state index is 12.9. The molecule has 0 aliphatic carbocycles. The van der Waals surface area contributed by atoms with Crippen LogP contribution >= 0.6 is 0 Å². The molecule has 0 saturated carbocycles. The Morgan fingerprint density at radius 3 is 1.01 bits per heavy atom. The van der Waals surface area contributed by atoms with Gasteiger partial charge in [0.05, 0.1) is 34.4 Å². The van der Waals surface area contributed by atoms with E-state index in [0.717, 1.165) is 51.4 Å². The highest BCUT2D eigenvalue weighted by Crippen LogP contribution is 2.18. The first-order chi connectivity index (χ1) is 35.6. The number of hydrogen-bond donors (Lipinski definition) is 1. The molecule has 0 aromatic rings. The van der Waals surface area contributed by atoms with Gasteiger partial charge in [-0.1, -0.05) is 283 Å². The Morgan fingerprint density at radius 2 is 0.699 bits per heavy atom. The average molecular weight is 1040 g/mol. The van der Waals surface area contributed by atoms with Crippen molar-refractivity contribution in [2.45, 2.75) is 334 Å². The van der Waals surface area contributed by atoms with E-state index in [9.17, 15) is 19.5 Å². The Balaban J connectivity index is 4.02. The number of unbranched alkanes of at least 4 members (excludes halogenated alkanes) is 43. The molecule has 0 amide bonds. The van der Waals surface area contributed by atoms with E-state index in [4.69, 9.17) is 18.9 Å². The van der Waals surface area contributed by atoms with Crippen LogP contribution in [0.4, 0.5) is 0 Å². The zero-order valence-electron chi connectivity index (χ0n) is 49.3. The number of esters is 2. The molecule has 0 aromatic heterocycles. The molecule has 0 heterocycles. The molecule has 0 aromatic carbocycles. The molecule has 0 aliphatic rings. The summed E-state index contributed by atoms with van der Waals surface area (Å²) < 4.78 is 22.9. The number of likely N-dealkylation sites (N-methyl/N-ethyl adjacent to an activating group) is 1. The topological polar surface area (TPSA) is 108 Å². The molecular formula is C64H124NO8+. The monoisotopic (exact) mass is 1030 g/mol. The molecule has 0 radical (unpaired) electrons. The van der Waals surface area contributed by atoms with Gasteiger partial charge < -0.3 is 28.5 Å². The van der Waals surface area contributed by atoms with Gasteiger partial charge in [0, 0.05) is 12.8 Å². The van der Waals surface area contributed by atoms with Crippen LogP contribution in [-0.2, 0) is 33.3 Å². The van der Waals surface area contributed by atoms with Gasteiger partial charge in [-0.2, -0.15) is 0 Å². The van der Waals surface area contributed by atoms with Crippen molar-refractivity contribution in [2.75, 3.05) is 47.5 Å². The first-order valence-corrected chi connectivity index (χ1v) is 31.9. The van der Waals surface area contributed by atoms with Crippen LogP contribution in [0.25, 0.3) is 0 Å². The summed E-state index contributed by atoms with van der Waals surface area (Å²) in [7, 11) is 5.98. The van der Waals surface area contributed by atoms with Crippen LogP contribution in [0.15, 0.2) is 12.2 Å². The second-order valence-corrected chi connectivity index (χ2v) is 23.1. The maximum Gasteiger partial charge on any atom is 0.361 e. The summed E-state index contributed by atoms with van der Waals surface area (Å²) in [5.74, 6) is -1.99. The van der Waals surface area contributed by atoms with Crippen molar-refractivity contribution in [3.05, 3.63) is 12.2 Å². The summed E-state index contributed by atoms with van der Waals surface area (Å²) >= 11 is 0. The Bertz CT molecular complexity index is 1200. The van der Waals surface area contributed by atoms with Crippen molar-refractivity contribution in [1.82, 2.24) is 0 Å². The number of ether oxygens (including phenoxy) is 4. The number of carbonyl (C=O) groups is 3. The molecule has 73 heavy (non-hydrogen) atoms. The molecule has 432 valence electrons. The third-order valence-electron chi connectivity index (χ3n) is 14.5. The minimum atomic E-state index is -1.51. The molecule has 9 heteroatoms. The van der Waals surface area contributed by atoms with Gasteiger partial charge in [0.25, 0.3) is 6.29 Å². The van der Waals surface area contributed by atoms with Crippen molar-refractivity contribution in [3.8, 4) is 0 Å². The fourth-order valence-electron chi connectivity index (χ4n) is 9.60. The standard InChI is InChI=1S/C64H123NO8/c1-6-8-10-12-14-16-18-20-22-24-25-26-27-28-29-30-31-32-33-34-35-36-37-38-39-41-42-44-46-48-50-52-54-61(66)71-58-60(59-72-64(63(68)69)70-57-56-65(3,4)5)73-62(67)55-53-51-49-47-45-43-40-23-21-19-17-15-13-11-9-7-2/h23,40,60,64H,6-22,24-39,41-59H2,1-5H3/p+1/b40-23-. The van der Waals surface area contributed by atoms with Gasteiger partial charge in [-0.15, -0.1) is 0 Å². The molecule has 2 unspecified atom stereocenters. The molecule has 0 fully saturated rings. The highest BCUT2D eigenvalue weighted by molar-refractivity contribution is 5.71. The van der Waals surface area contributed by atoms with Crippen LogP contribution < -0.4 is 0 Å². The number of rotatable bonds is 60. The van der Waals surface area contributed by atoms with Crippen molar-refractivity contribution < 1.29 is 42.9 Å². The number of allylic oxidation sites excluding steroid dienone is 2. The minimum absolute atomic E-state index is 0.179. The molecule has 1 N–H and O–H groups in total. The highest BCUT2D eigenvalue weighted by atomic mass is 16.7. The van der Waals surface area contributed by atoms with Crippen molar-refractivity contribution >= 4 is 17.9 Å². The zero-order valence-corrected chi connectivity index (χ0v) is 49.3.